The van der Waals surface area contributed by atoms with Crippen LogP contribution in [0.4, 0.5) is 0 Å². The minimum atomic E-state index is -0.293. The zero-order valence-corrected chi connectivity index (χ0v) is 18.1. The van der Waals surface area contributed by atoms with Crippen molar-refractivity contribution in [1.29, 1.82) is 0 Å². The molecule has 0 bridgehead atoms. The Morgan fingerprint density at radius 3 is 2.71 bits per heavy atom. The van der Waals surface area contributed by atoms with Crippen LogP contribution in [0.5, 0.6) is 5.75 Å². The topological polar surface area (TPSA) is 46.5 Å². The van der Waals surface area contributed by atoms with E-state index in [1.165, 1.54) is 44.6 Å². The van der Waals surface area contributed by atoms with Gasteiger partial charge < -0.3 is 9.84 Å². The van der Waals surface area contributed by atoms with Crippen molar-refractivity contribution >= 4 is 5.97 Å². The largest absolute Gasteiger partial charge is 0.508 e. The molecule has 0 amide bonds. The zero-order valence-electron chi connectivity index (χ0n) is 18.1. The Morgan fingerprint density at radius 1 is 1.21 bits per heavy atom. The minimum Gasteiger partial charge on any atom is -0.508 e. The Morgan fingerprint density at radius 2 is 2.00 bits per heavy atom. The van der Waals surface area contributed by atoms with Gasteiger partial charge in [0.25, 0.3) is 0 Å². The second-order valence-electron chi connectivity index (χ2n) is 9.98. The maximum atomic E-state index is 12.6. The zero-order chi connectivity index (χ0) is 20.3. The van der Waals surface area contributed by atoms with Crippen molar-refractivity contribution in [2.45, 2.75) is 85.2 Å². The lowest BCUT2D eigenvalue weighted by Crippen LogP contribution is -2.43. The monoisotopic (exact) mass is 386 g/mol. The summed E-state index contributed by atoms with van der Waals surface area (Å²) in [6, 6.07) is 6.50. The van der Waals surface area contributed by atoms with E-state index >= 15 is 0 Å². The Labute approximate surface area is 170 Å². The maximum absolute atomic E-state index is 12.6. The fraction of sp³-hybridized carbons (Fsp3) is 0.720. The number of aromatic hydroxyl groups is 1. The number of carbonyl (C=O) groups is 1. The highest BCUT2D eigenvalue weighted by atomic mass is 16.5. The van der Waals surface area contributed by atoms with Crippen LogP contribution in [0.25, 0.3) is 0 Å². The lowest BCUT2D eigenvalue weighted by atomic mass is 9.61. The van der Waals surface area contributed by atoms with Crippen LogP contribution in [0.1, 0.15) is 89.4 Å². The van der Waals surface area contributed by atoms with Crippen LogP contribution in [-0.2, 0) is 4.74 Å². The quantitative estimate of drug-likeness (QED) is 0.537. The normalized spacial score (nSPS) is 30.8. The first-order valence-corrected chi connectivity index (χ1v) is 11.3. The number of rotatable bonds is 7. The van der Waals surface area contributed by atoms with Gasteiger partial charge in [0.1, 0.15) is 11.9 Å². The highest BCUT2D eigenvalue weighted by Crippen LogP contribution is 2.58. The third-order valence-corrected chi connectivity index (χ3v) is 7.60. The van der Waals surface area contributed by atoms with E-state index in [0.29, 0.717) is 16.9 Å². The van der Waals surface area contributed by atoms with E-state index in [9.17, 15) is 9.90 Å². The van der Waals surface area contributed by atoms with Gasteiger partial charge in [-0.25, -0.2) is 4.79 Å². The number of hydrogen-bond acceptors (Lipinski definition) is 3. The van der Waals surface area contributed by atoms with E-state index in [-0.39, 0.29) is 17.8 Å². The summed E-state index contributed by atoms with van der Waals surface area (Å²) in [6.07, 6.45) is 9.79. The molecule has 1 aromatic rings. The summed E-state index contributed by atoms with van der Waals surface area (Å²) in [5, 5.41) is 9.65. The summed E-state index contributed by atoms with van der Waals surface area (Å²) in [5.74, 6) is 2.56. The molecule has 3 heteroatoms. The Bertz CT molecular complexity index is 668. The van der Waals surface area contributed by atoms with E-state index in [0.717, 1.165) is 30.6 Å². The summed E-state index contributed by atoms with van der Waals surface area (Å²) in [5.41, 5.74) is 0.739. The smallest absolute Gasteiger partial charge is 0.338 e. The van der Waals surface area contributed by atoms with Crippen LogP contribution in [0.2, 0.25) is 0 Å². The van der Waals surface area contributed by atoms with E-state index < -0.39 is 0 Å². The highest BCUT2D eigenvalue weighted by molar-refractivity contribution is 5.89. The predicted molar refractivity (Wildman–Crippen MR) is 113 cm³/mol. The van der Waals surface area contributed by atoms with Crippen LogP contribution in [0.3, 0.4) is 0 Å². The van der Waals surface area contributed by atoms with E-state index in [1.54, 1.807) is 18.2 Å². The minimum absolute atomic E-state index is 0.0152. The van der Waals surface area contributed by atoms with Gasteiger partial charge in [0.2, 0.25) is 0 Å². The molecule has 0 radical (unpaired) electrons. The highest BCUT2D eigenvalue weighted by Gasteiger charge is 2.53. The van der Waals surface area contributed by atoms with Crippen LogP contribution >= 0.6 is 0 Å². The number of esters is 1. The molecule has 2 fully saturated rings. The Hall–Kier alpha value is -1.51. The second kappa shape index (κ2) is 8.88. The van der Waals surface area contributed by atoms with Crippen molar-refractivity contribution in [1.82, 2.24) is 0 Å². The number of fused-ring (bicyclic) bond motifs is 1. The van der Waals surface area contributed by atoms with Gasteiger partial charge in [0.05, 0.1) is 5.56 Å². The van der Waals surface area contributed by atoms with Gasteiger partial charge in [0, 0.05) is 5.92 Å². The molecule has 0 spiro atoms. The first-order chi connectivity index (χ1) is 13.3. The molecule has 0 heterocycles. The molecule has 156 valence electrons. The molecule has 0 aliphatic heterocycles. The average Bonchev–Trinajstić information content (AvgIpc) is 2.99. The molecule has 28 heavy (non-hydrogen) atoms. The van der Waals surface area contributed by atoms with E-state index in [4.69, 9.17) is 4.74 Å². The maximum Gasteiger partial charge on any atom is 0.338 e. The van der Waals surface area contributed by atoms with Gasteiger partial charge >= 0.3 is 5.97 Å². The molecule has 0 saturated heterocycles. The molecule has 5 atom stereocenters. The first-order valence-electron chi connectivity index (χ1n) is 11.3. The molecule has 3 nitrogen and oxygen atoms in total. The van der Waals surface area contributed by atoms with Gasteiger partial charge in [-0.2, -0.15) is 0 Å². The number of benzene rings is 1. The Balaban J connectivity index is 1.65. The van der Waals surface area contributed by atoms with E-state index in [2.05, 4.69) is 27.7 Å². The Kier molecular flexibility index (Phi) is 6.73. The van der Waals surface area contributed by atoms with Crippen LogP contribution in [0, 0.1) is 29.1 Å². The third-order valence-electron chi connectivity index (χ3n) is 7.60. The molecule has 2 saturated carbocycles. The van der Waals surface area contributed by atoms with Gasteiger partial charge in [0.15, 0.2) is 0 Å². The van der Waals surface area contributed by atoms with Gasteiger partial charge in [-0.05, 0) is 73.5 Å². The predicted octanol–water partition coefficient (Wildman–Crippen LogP) is 6.60. The van der Waals surface area contributed by atoms with Crippen molar-refractivity contribution in [2.24, 2.45) is 29.1 Å². The molecule has 2 aliphatic rings. The van der Waals surface area contributed by atoms with Crippen LogP contribution < -0.4 is 0 Å². The van der Waals surface area contributed by atoms with E-state index in [1.807, 2.05) is 0 Å². The summed E-state index contributed by atoms with van der Waals surface area (Å²) < 4.78 is 6.00. The van der Waals surface area contributed by atoms with Crippen LogP contribution in [0.15, 0.2) is 24.3 Å². The summed E-state index contributed by atoms with van der Waals surface area (Å²) >= 11 is 0. The summed E-state index contributed by atoms with van der Waals surface area (Å²) in [6.45, 7) is 9.53. The SMILES string of the molecule is CC(C)CCC[C@@H](C)[C@H]1CC[C@H]2[C@H](OC(=O)c3cccc(O)c3)CCC[C@]12C. The number of hydrogen-bond donors (Lipinski definition) is 1. The van der Waals surface area contributed by atoms with Gasteiger partial charge in [-0.3, -0.25) is 0 Å². The number of phenolic OH excluding ortho intramolecular Hbond substituents is 1. The van der Waals surface area contributed by atoms with Crippen molar-refractivity contribution in [3.05, 3.63) is 29.8 Å². The van der Waals surface area contributed by atoms with Crippen molar-refractivity contribution < 1.29 is 14.6 Å². The molecule has 2 aliphatic carbocycles. The van der Waals surface area contributed by atoms with Crippen LogP contribution in [-0.4, -0.2) is 17.2 Å². The standard InChI is InChI=1S/C25H38O3/c1-17(2)8-5-9-18(3)21-13-14-22-23(12-7-15-25(21,22)4)28-24(27)19-10-6-11-20(26)16-19/h6,10-11,16-18,21-23,26H,5,7-9,12-15H2,1-4H3/t18-,21-,22+,23-,25-/m1/s1. The first kappa shape index (κ1) is 21.2. The van der Waals surface area contributed by atoms with Gasteiger partial charge in [-0.15, -0.1) is 0 Å². The second-order valence-corrected chi connectivity index (χ2v) is 9.98. The number of ether oxygens (including phenoxy) is 1. The van der Waals surface area contributed by atoms with Gasteiger partial charge in [-0.1, -0.05) is 53.0 Å². The van der Waals surface area contributed by atoms with Crippen molar-refractivity contribution in [3.8, 4) is 5.75 Å². The fourth-order valence-corrected chi connectivity index (χ4v) is 6.12. The summed E-state index contributed by atoms with van der Waals surface area (Å²) in [7, 11) is 0. The molecular formula is C25H38O3. The van der Waals surface area contributed by atoms with Crippen molar-refractivity contribution in [3.63, 3.8) is 0 Å². The fourth-order valence-electron chi connectivity index (χ4n) is 6.12. The third kappa shape index (κ3) is 4.55. The number of phenols is 1. The molecular weight excluding hydrogens is 348 g/mol. The molecule has 0 unspecified atom stereocenters. The molecule has 0 aromatic heterocycles. The van der Waals surface area contributed by atoms with Crippen molar-refractivity contribution in [2.75, 3.05) is 0 Å². The lowest BCUT2D eigenvalue weighted by Gasteiger charge is -2.46. The lowest BCUT2D eigenvalue weighted by molar-refractivity contribution is -0.0473. The molecule has 3 rings (SSSR count). The summed E-state index contributed by atoms with van der Waals surface area (Å²) in [4.78, 5) is 12.6. The molecule has 1 N–H and O–H groups in total. The number of carbonyl (C=O) groups excluding carboxylic acids is 1. The average molecular weight is 387 g/mol. The molecule has 1 aromatic carbocycles.